The molecule has 0 atom stereocenters. The van der Waals surface area contributed by atoms with E-state index in [-0.39, 0.29) is 23.0 Å². The van der Waals surface area contributed by atoms with Crippen LogP contribution in [0.25, 0.3) is 21.1 Å². The normalized spacial score (nSPS) is 11.1. The van der Waals surface area contributed by atoms with Crippen molar-refractivity contribution in [2.45, 2.75) is 11.7 Å². The van der Waals surface area contributed by atoms with Gasteiger partial charge in [0.25, 0.3) is 5.56 Å². The lowest BCUT2D eigenvalue weighted by molar-refractivity contribution is -0.113. The van der Waals surface area contributed by atoms with E-state index in [1.807, 2.05) is 6.07 Å². The fraction of sp³-hybridized carbons (Fsp3) is 0.100. The van der Waals surface area contributed by atoms with E-state index in [0.29, 0.717) is 38.0 Å². The number of anilines is 1. The van der Waals surface area contributed by atoms with Crippen LogP contribution >= 0.6 is 23.1 Å². The van der Waals surface area contributed by atoms with Gasteiger partial charge in [0, 0.05) is 6.54 Å². The fourth-order valence-electron chi connectivity index (χ4n) is 2.79. The molecule has 4 aromatic rings. The molecule has 0 aliphatic heterocycles. The number of thiazole rings is 1. The molecular weight excluding hydrogens is 411 g/mol. The molecule has 1 N–H and O–H groups in total. The van der Waals surface area contributed by atoms with E-state index in [4.69, 9.17) is 0 Å². The molecule has 0 bridgehead atoms. The maximum Gasteiger partial charge on any atom is 0.262 e. The number of hydrogen-bond acceptors (Lipinski definition) is 6. The largest absolute Gasteiger partial charge is 0.301 e. The summed E-state index contributed by atoms with van der Waals surface area (Å²) in [5.41, 5.74) is 1.02. The number of allylic oxidation sites excluding steroid dienone is 1. The number of benzene rings is 2. The average molecular weight is 426 g/mol. The third-order valence-electron chi connectivity index (χ3n) is 4.07. The second-order valence-electron chi connectivity index (χ2n) is 6.08. The summed E-state index contributed by atoms with van der Waals surface area (Å²) >= 11 is 2.36. The van der Waals surface area contributed by atoms with Gasteiger partial charge in [0.2, 0.25) is 5.91 Å². The van der Waals surface area contributed by atoms with Gasteiger partial charge in [0.15, 0.2) is 10.3 Å². The van der Waals surface area contributed by atoms with Crippen LogP contribution in [-0.4, -0.2) is 26.2 Å². The Hall–Kier alpha value is -3.04. The summed E-state index contributed by atoms with van der Waals surface area (Å²) in [6.45, 7) is 3.98. The molecule has 0 aliphatic carbocycles. The number of halogens is 1. The standard InChI is InChI=1S/C20H15FN4O2S2/c1-2-9-25-18(27)13-5-3-4-6-14(13)23-20(25)28-11-17(26)24-19-22-15-8-7-12(21)10-16(15)29-19/h2-8,10H,1,9,11H2,(H,22,24,26). The first kappa shape index (κ1) is 19.3. The number of hydrogen-bond donors (Lipinski definition) is 1. The Morgan fingerprint density at radius 3 is 2.90 bits per heavy atom. The Labute approximate surface area is 173 Å². The Morgan fingerprint density at radius 1 is 1.24 bits per heavy atom. The van der Waals surface area contributed by atoms with E-state index in [9.17, 15) is 14.0 Å². The predicted molar refractivity (Wildman–Crippen MR) is 115 cm³/mol. The number of nitrogens with zero attached hydrogens (tertiary/aromatic N) is 3. The molecule has 1 amide bonds. The number of rotatable bonds is 6. The molecule has 0 saturated carbocycles. The Bertz CT molecular complexity index is 1300. The van der Waals surface area contributed by atoms with Crippen LogP contribution < -0.4 is 10.9 Å². The zero-order chi connectivity index (χ0) is 20.4. The first-order chi connectivity index (χ1) is 14.0. The van der Waals surface area contributed by atoms with Gasteiger partial charge in [-0.1, -0.05) is 41.3 Å². The van der Waals surface area contributed by atoms with E-state index >= 15 is 0 Å². The van der Waals surface area contributed by atoms with E-state index in [2.05, 4.69) is 21.9 Å². The number of amides is 1. The summed E-state index contributed by atoms with van der Waals surface area (Å²) < 4.78 is 15.5. The van der Waals surface area contributed by atoms with E-state index in [1.54, 1.807) is 30.3 Å². The predicted octanol–water partition coefficient (Wildman–Crippen LogP) is 4.06. The van der Waals surface area contributed by atoms with Gasteiger partial charge >= 0.3 is 0 Å². The number of aromatic nitrogens is 3. The van der Waals surface area contributed by atoms with Gasteiger partial charge in [-0.15, -0.1) is 6.58 Å². The molecule has 0 radical (unpaired) electrons. The molecule has 0 saturated heterocycles. The molecule has 29 heavy (non-hydrogen) atoms. The Kier molecular flexibility index (Phi) is 5.41. The number of nitrogens with one attached hydrogen (secondary N) is 1. The van der Waals surface area contributed by atoms with Crippen molar-refractivity contribution in [1.82, 2.24) is 14.5 Å². The average Bonchev–Trinajstić information content (AvgIpc) is 3.10. The van der Waals surface area contributed by atoms with Crippen LogP contribution in [0.1, 0.15) is 0 Å². The van der Waals surface area contributed by atoms with Crippen molar-refractivity contribution >= 4 is 55.3 Å². The SMILES string of the molecule is C=CCn1c(SCC(=O)Nc2nc3ccc(F)cc3s2)nc2ccccc2c1=O. The molecule has 0 aliphatic rings. The second kappa shape index (κ2) is 8.14. The van der Waals surface area contributed by atoms with E-state index < -0.39 is 0 Å². The fourth-order valence-corrected chi connectivity index (χ4v) is 4.50. The van der Waals surface area contributed by atoms with Crippen LogP contribution in [0.4, 0.5) is 9.52 Å². The molecule has 6 nitrogen and oxygen atoms in total. The van der Waals surface area contributed by atoms with E-state index in [1.165, 1.54) is 28.0 Å². The van der Waals surface area contributed by atoms with Gasteiger partial charge in [-0.05, 0) is 30.3 Å². The minimum atomic E-state index is -0.350. The summed E-state index contributed by atoms with van der Waals surface area (Å²) in [5, 5.41) is 4.07. The lowest BCUT2D eigenvalue weighted by atomic mass is 10.2. The van der Waals surface area contributed by atoms with Crippen molar-refractivity contribution < 1.29 is 9.18 Å². The van der Waals surface area contributed by atoms with Crippen molar-refractivity contribution in [1.29, 1.82) is 0 Å². The lowest BCUT2D eigenvalue weighted by Crippen LogP contribution is -2.23. The topological polar surface area (TPSA) is 76.9 Å². The highest BCUT2D eigenvalue weighted by Crippen LogP contribution is 2.27. The maximum absolute atomic E-state index is 13.3. The lowest BCUT2D eigenvalue weighted by Gasteiger charge is -2.11. The minimum Gasteiger partial charge on any atom is -0.301 e. The van der Waals surface area contributed by atoms with Gasteiger partial charge in [-0.25, -0.2) is 14.4 Å². The van der Waals surface area contributed by atoms with Crippen LogP contribution in [0, 0.1) is 5.82 Å². The number of thioether (sulfide) groups is 1. The van der Waals surface area contributed by atoms with Crippen LogP contribution in [0.2, 0.25) is 0 Å². The smallest absolute Gasteiger partial charge is 0.262 e. The van der Waals surface area contributed by atoms with Crippen LogP contribution in [-0.2, 0) is 11.3 Å². The van der Waals surface area contributed by atoms with Gasteiger partial charge in [0.05, 0.1) is 26.9 Å². The first-order valence-corrected chi connectivity index (χ1v) is 10.4. The molecule has 2 aromatic carbocycles. The van der Waals surface area contributed by atoms with Crippen molar-refractivity contribution in [3.05, 3.63) is 71.3 Å². The zero-order valence-electron chi connectivity index (χ0n) is 15.1. The van der Waals surface area contributed by atoms with Crippen molar-refractivity contribution in [3.8, 4) is 0 Å². The van der Waals surface area contributed by atoms with Crippen LogP contribution in [0.3, 0.4) is 0 Å². The highest BCUT2D eigenvalue weighted by atomic mass is 32.2. The van der Waals surface area contributed by atoms with Crippen LogP contribution in [0.15, 0.2) is 65.1 Å². The molecule has 0 fully saturated rings. The summed E-state index contributed by atoms with van der Waals surface area (Å²) in [4.78, 5) is 33.9. The first-order valence-electron chi connectivity index (χ1n) is 8.64. The van der Waals surface area contributed by atoms with Gasteiger partial charge in [-0.2, -0.15) is 0 Å². The summed E-state index contributed by atoms with van der Waals surface area (Å²) in [6, 6.07) is 11.4. The number of fused-ring (bicyclic) bond motifs is 2. The second-order valence-corrected chi connectivity index (χ2v) is 8.06. The number of carbonyl (C=O) groups excluding carboxylic acids is 1. The van der Waals surface area contributed by atoms with Crippen LogP contribution in [0.5, 0.6) is 0 Å². The highest BCUT2D eigenvalue weighted by Gasteiger charge is 2.14. The molecule has 4 rings (SSSR count). The van der Waals surface area contributed by atoms with Crippen molar-refractivity contribution in [3.63, 3.8) is 0 Å². The minimum absolute atomic E-state index is 0.0478. The van der Waals surface area contributed by atoms with Gasteiger partial charge in [0.1, 0.15) is 5.82 Å². The quantitative estimate of drug-likeness (QED) is 0.286. The molecule has 2 aromatic heterocycles. The van der Waals surface area contributed by atoms with Crippen molar-refractivity contribution in [2.75, 3.05) is 11.1 Å². The molecule has 0 unspecified atom stereocenters. The summed E-state index contributed by atoms with van der Waals surface area (Å²) in [5.74, 6) is -0.592. The van der Waals surface area contributed by atoms with E-state index in [0.717, 1.165) is 11.8 Å². The molecule has 146 valence electrons. The molecular formula is C20H15FN4O2S2. The Morgan fingerprint density at radius 2 is 2.07 bits per heavy atom. The van der Waals surface area contributed by atoms with Gasteiger partial charge in [-0.3, -0.25) is 14.2 Å². The molecule has 9 heteroatoms. The zero-order valence-corrected chi connectivity index (χ0v) is 16.7. The summed E-state index contributed by atoms with van der Waals surface area (Å²) in [7, 11) is 0. The number of para-hydroxylation sites is 1. The number of carbonyl (C=O) groups is 1. The molecule has 0 spiro atoms. The summed E-state index contributed by atoms with van der Waals surface area (Å²) in [6.07, 6.45) is 1.61. The maximum atomic E-state index is 13.3. The van der Waals surface area contributed by atoms with Gasteiger partial charge < -0.3 is 5.32 Å². The highest BCUT2D eigenvalue weighted by molar-refractivity contribution is 7.99. The monoisotopic (exact) mass is 426 g/mol. The third kappa shape index (κ3) is 4.06. The third-order valence-corrected chi connectivity index (χ3v) is 5.98. The van der Waals surface area contributed by atoms with Crippen molar-refractivity contribution in [2.24, 2.45) is 0 Å². The Balaban J connectivity index is 1.53. The molecule has 2 heterocycles.